The molecule has 0 saturated carbocycles. The average Bonchev–Trinajstić information content (AvgIpc) is 2.09. The van der Waals surface area contributed by atoms with E-state index in [2.05, 4.69) is 20.9 Å². The Morgan fingerprint density at radius 1 is 1.44 bits per heavy atom. The summed E-state index contributed by atoms with van der Waals surface area (Å²) in [7, 11) is 0. The van der Waals surface area contributed by atoms with Crippen LogP contribution in [-0.4, -0.2) is 9.91 Å². The smallest absolute Gasteiger partial charge is 0.319 e. The molecule has 0 bridgehead atoms. The van der Waals surface area contributed by atoms with Crippen molar-refractivity contribution in [3.8, 4) is 0 Å². The van der Waals surface area contributed by atoms with Gasteiger partial charge in [-0.05, 0) is 15.9 Å². The topological polar surface area (TPSA) is 76.0 Å². The molecule has 1 N–H and O–H groups in total. The van der Waals surface area contributed by atoms with Crippen LogP contribution in [0.25, 0.3) is 0 Å². The minimum Gasteiger partial charge on any atom is -0.319 e. The molecule has 1 heterocycles. The standard InChI is InChI=1S/C9H10BrClN2O3/c1-9(2,3)7-4(10)5(11)6(13(15)16)8(14)12-7/h1-3H3,(H,12,14). The first-order valence-corrected chi connectivity index (χ1v) is 5.59. The Hall–Kier alpha value is -0.880. The van der Waals surface area contributed by atoms with Crippen LogP contribution in [0.5, 0.6) is 0 Å². The van der Waals surface area contributed by atoms with Crippen molar-refractivity contribution in [2.75, 3.05) is 0 Å². The maximum atomic E-state index is 11.5. The lowest BCUT2D eigenvalue weighted by Gasteiger charge is -2.20. The number of hydrogen-bond donors (Lipinski definition) is 1. The van der Waals surface area contributed by atoms with Crippen molar-refractivity contribution < 1.29 is 4.92 Å². The third kappa shape index (κ3) is 2.27. The van der Waals surface area contributed by atoms with Gasteiger partial charge in [0.1, 0.15) is 5.02 Å². The van der Waals surface area contributed by atoms with Crippen molar-refractivity contribution in [1.82, 2.24) is 4.98 Å². The van der Waals surface area contributed by atoms with Crippen LogP contribution in [0.3, 0.4) is 0 Å². The molecule has 0 aliphatic carbocycles. The number of halogens is 2. The van der Waals surface area contributed by atoms with Gasteiger partial charge in [0.2, 0.25) is 0 Å². The van der Waals surface area contributed by atoms with E-state index in [1.807, 2.05) is 20.8 Å². The summed E-state index contributed by atoms with van der Waals surface area (Å²) in [5.74, 6) is 0. The predicted octanol–water partition coefficient (Wildman–Crippen LogP) is 3.00. The van der Waals surface area contributed by atoms with E-state index in [4.69, 9.17) is 11.6 Å². The lowest BCUT2D eigenvalue weighted by Crippen LogP contribution is -2.22. The number of aromatic nitrogens is 1. The van der Waals surface area contributed by atoms with Crippen molar-refractivity contribution >= 4 is 33.2 Å². The fraction of sp³-hybridized carbons (Fsp3) is 0.444. The van der Waals surface area contributed by atoms with Crippen LogP contribution in [-0.2, 0) is 5.41 Å². The second-order valence-electron chi connectivity index (χ2n) is 4.31. The van der Waals surface area contributed by atoms with Gasteiger partial charge in [-0.3, -0.25) is 14.9 Å². The molecule has 0 saturated heterocycles. The normalized spacial score (nSPS) is 11.6. The van der Waals surface area contributed by atoms with Gasteiger partial charge in [0.25, 0.3) is 0 Å². The third-order valence-electron chi connectivity index (χ3n) is 2.01. The van der Waals surface area contributed by atoms with Gasteiger partial charge < -0.3 is 4.98 Å². The highest BCUT2D eigenvalue weighted by atomic mass is 79.9. The number of aromatic amines is 1. The lowest BCUT2D eigenvalue weighted by atomic mass is 9.91. The molecule has 0 unspecified atom stereocenters. The molecule has 1 rings (SSSR count). The summed E-state index contributed by atoms with van der Waals surface area (Å²) >= 11 is 8.96. The number of hydrogen-bond acceptors (Lipinski definition) is 3. The molecule has 88 valence electrons. The maximum Gasteiger partial charge on any atom is 0.353 e. The summed E-state index contributed by atoms with van der Waals surface area (Å²) in [4.78, 5) is 23.8. The first-order valence-electron chi connectivity index (χ1n) is 4.42. The summed E-state index contributed by atoms with van der Waals surface area (Å²) in [6.45, 7) is 5.60. The maximum absolute atomic E-state index is 11.5. The van der Waals surface area contributed by atoms with Crippen LogP contribution in [0.15, 0.2) is 9.27 Å². The predicted molar refractivity (Wildman–Crippen MR) is 65.1 cm³/mol. The zero-order valence-electron chi connectivity index (χ0n) is 8.93. The van der Waals surface area contributed by atoms with E-state index < -0.39 is 16.2 Å². The van der Waals surface area contributed by atoms with Crippen molar-refractivity contribution in [3.63, 3.8) is 0 Å². The van der Waals surface area contributed by atoms with Gasteiger partial charge in [0, 0.05) is 11.1 Å². The SMILES string of the molecule is CC(C)(C)c1[nH]c(=O)c([N+](=O)[O-])c(Cl)c1Br. The van der Waals surface area contributed by atoms with E-state index in [0.717, 1.165) is 0 Å². The van der Waals surface area contributed by atoms with E-state index in [1.165, 1.54) is 0 Å². The van der Waals surface area contributed by atoms with E-state index in [1.54, 1.807) is 0 Å². The minimum absolute atomic E-state index is 0.168. The molecule has 0 radical (unpaired) electrons. The first kappa shape index (κ1) is 13.2. The zero-order chi connectivity index (χ0) is 12.7. The van der Waals surface area contributed by atoms with Gasteiger partial charge in [-0.1, -0.05) is 32.4 Å². The average molecular weight is 310 g/mol. The van der Waals surface area contributed by atoms with Crippen LogP contribution in [0, 0.1) is 10.1 Å². The summed E-state index contributed by atoms with van der Waals surface area (Å²) in [5.41, 5.74) is -1.26. The van der Waals surface area contributed by atoms with Crippen molar-refractivity contribution in [2.45, 2.75) is 26.2 Å². The Morgan fingerprint density at radius 3 is 2.31 bits per heavy atom. The summed E-state index contributed by atoms with van der Waals surface area (Å²) in [5, 5.41) is 10.5. The van der Waals surface area contributed by atoms with Gasteiger partial charge in [-0.15, -0.1) is 0 Å². The van der Waals surface area contributed by atoms with Crippen LogP contribution in [0.1, 0.15) is 26.5 Å². The van der Waals surface area contributed by atoms with Gasteiger partial charge in [0.15, 0.2) is 0 Å². The highest BCUT2D eigenvalue weighted by molar-refractivity contribution is 9.10. The van der Waals surface area contributed by atoms with Crippen LogP contribution < -0.4 is 5.56 Å². The molecule has 0 aliphatic rings. The zero-order valence-corrected chi connectivity index (χ0v) is 11.3. The largest absolute Gasteiger partial charge is 0.353 e. The molecule has 1 aromatic rings. The Balaban J connectivity index is 3.65. The Morgan fingerprint density at radius 2 is 1.94 bits per heavy atom. The molecular formula is C9H10BrClN2O3. The van der Waals surface area contributed by atoms with Crippen molar-refractivity contribution in [3.05, 3.63) is 35.7 Å². The number of rotatable bonds is 1. The summed E-state index contributed by atoms with van der Waals surface area (Å²) in [6, 6.07) is 0. The van der Waals surface area contributed by atoms with Crippen molar-refractivity contribution in [1.29, 1.82) is 0 Å². The molecule has 0 spiro atoms. The molecule has 0 aromatic carbocycles. The number of H-pyrrole nitrogens is 1. The van der Waals surface area contributed by atoms with E-state index >= 15 is 0 Å². The highest BCUT2D eigenvalue weighted by Crippen LogP contribution is 2.35. The number of nitro groups is 1. The second kappa shape index (κ2) is 4.18. The number of nitrogens with zero attached hydrogens (tertiary/aromatic N) is 1. The van der Waals surface area contributed by atoms with Gasteiger partial charge in [-0.25, -0.2) is 0 Å². The van der Waals surface area contributed by atoms with Crippen LogP contribution in [0.4, 0.5) is 5.69 Å². The summed E-state index contributed by atoms with van der Waals surface area (Å²) < 4.78 is 0.355. The molecule has 5 nitrogen and oxygen atoms in total. The minimum atomic E-state index is -0.793. The molecule has 16 heavy (non-hydrogen) atoms. The number of pyridine rings is 1. The molecule has 1 aromatic heterocycles. The van der Waals surface area contributed by atoms with Crippen molar-refractivity contribution in [2.24, 2.45) is 0 Å². The van der Waals surface area contributed by atoms with Gasteiger partial charge in [-0.2, -0.15) is 0 Å². The third-order valence-corrected chi connectivity index (χ3v) is 3.40. The molecule has 7 heteroatoms. The van der Waals surface area contributed by atoms with Crippen LogP contribution >= 0.6 is 27.5 Å². The molecular weight excluding hydrogens is 299 g/mol. The Bertz CT molecular complexity index is 505. The van der Waals surface area contributed by atoms with Gasteiger partial charge >= 0.3 is 11.2 Å². The quantitative estimate of drug-likeness (QED) is 0.640. The Kier molecular flexibility index (Phi) is 3.44. The van der Waals surface area contributed by atoms with Gasteiger partial charge in [0.05, 0.1) is 9.40 Å². The molecule has 0 atom stereocenters. The fourth-order valence-electron chi connectivity index (χ4n) is 1.22. The van der Waals surface area contributed by atoms with E-state index in [0.29, 0.717) is 10.2 Å². The molecule has 0 fully saturated rings. The first-order chi connectivity index (χ1) is 7.16. The summed E-state index contributed by atoms with van der Waals surface area (Å²) in [6.07, 6.45) is 0. The monoisotopic (exact) mass is 308 g/mol. The fourth-order valence-corrected chi connectivity index (χ4v) is 2.35. The number of nitrogens with one attached hydrogen (secondary N) is 1. The van der Waals surface area contributed by atoms with Crippen LogP contribution in [0.2, 0.25) is 5.02 Å². The molecule has 0 aliphatic heterocycles. The lowest BCUT2D eigenvalue weighted by molar-refractivity contribution is -0.386. The van der Waals surface area contributed by atoms with E-state index in [9.17, 15) is 14.9 Å². The highest BCUT2D eigenvalue weighted by Gasteiger charge is 2.28. The van der Waals surface area contributed by atoms with E-state index in [-0.39, 0.29) is 10.4 Å². The Labute approximate surface area is 105 Å². The second-order valence-corrected chi connectivity index (χ2v) is 5.48. The molecule has 0 amide bonds.